The van der Waals surface area contributed by atoms with Gasteiger partial charge in [-0.1, -0.05) is 22.9 Å². The molecule has 2 amide bonds. The van der Waals surface area contributed by atoms with Crippen LogP contribution in [0, 0.1) is 12.8 Å². The maximum Gasteiger partial charge on any atom is 0.271 e. The molecule has 0 aliphatic carbocycles. The molecule has 3 aliphatic rings. The maximum absolute atomic E-state index is 13.7. The molecule has 8 heteroatoms. The van der Waals surface area contributed by atoms with Crippen LogP contribution in [-0.2, 0) is 16.0 Å². The normalized spacial score (nSPS) is 29.4. The summed E-state index contributed by atoms with van der Waals surface area (Å²) in [4.78, 5) is 35.0. The van der Waals surface area contributed by atoms with Crippen LogP contribution in [0.4, 0.5) is 0 Å². The van der Waals surface area contributed by atoms with Crippen LogP contribution in [0.1, 0.15) is 38.4 Å². The summed E-state index contributed by atoms with van der Waals surface area (Å²) in [7, 11) is 0. The van der Waals surface area contributed by atoms with Crippen LogP contribution in [0.15, 0.2) is 41.3 Å². The lowest BCUT2D eigenvalue weighted by Gasteiger charge is -2.50. The molecule has 0 saturated carbocycles. The number of hydrogen-bond donors (Lipinski definition) is 0. The number of hydrogen-bond acceptors (Lipinski definition) is 4. The summed E-state index contributed by atoms with van der Waals surface area (Å²) >= 11 is 3.53. The predicted molar refractivity (Wildman–Crippen MR) is 129 cm³/mol. The Hall–Kier alpha value is -2.61. The minimum Gasteiger partial charge on any atom is -0.485 e. The second kappa shape index (κ2) is 8.01. The first kappa shape index (κ1) is 22.2. The fraction of sp³-hybridized carbons (Fsp3) is 0.480. The first-order valence-electron chi connectivity index (χ1n) is 11.5. The van der Waals surface area contributed by atoms with Crippen molar-refractivity contribution in [1.82, 2.24) is 19.4 Å². The molecule has 1 saturated heterocycles. The topological polar surface area (TPSA) is 67.7 Å². The van der Waals surface area contributed by atoms with Crippen LogP contribution in [-0.4, -0.2) is 61.9 Å². The van der Waals surface area contributed by atoms with Gasteiger partial charge in [0, 0.05) is 29.2 Å². The van der Waals surface area contributed by atoms with E-state index in [-0.39, 0.29) is 23.8 Å². The number of halogens is 1. The number of aromatic nitrogens is 2. The van der Waals surface area contributed by atoms with Crippen molar-refractivity contribution >= 4 is 33.4 Å². The van der Waals surface area contributed by atoms with E-state index in [1.54, 1.807) is 15.8 Å². The van der Waals surface area contributed by atoms with Gasteiger partial charge >= 0.3 is 0 Å². The molecule has 2 aromatic rings. The molecule has 0 bridgehead atoms. The average molecular weight is 513 g/mol. The first-order chi connectivity index (χ1) is 15.6. The van der Waals surface area contributed by atoms with Gasteiger partial charge in [0.05, 0.1) is 18.6 Å². The van der Waals surface area contributed by atoms with E-state index in [1.807, 2.05) is 50.1 Å². The van der Waals surface area contributed by atoms with Gasteiger partial charge < -0.3 is 19.1 Å². The minimum atomic E-state index is -0.488. The largest absolute Gasteiger partial charge is 0.485 e. The zero-order valence-electron chi connectivity index (χ0n) is 19.4. The average Bonchev–Trinajstić information content (AvgIpc) is 3.19. The van der Waals surface area contributed by atoms with Crippen LogP contribution in [0.3, 0.4) is 0 Å². The van der Waals surface area contributed by atoms with Crippen molar-refractivity contribution in [2.75, 3.05) is 13.1 Å². The molecule has 0 spiro atoms. The third kappa shape index (κ3) is 3.88. The molecule has 5 rings (SSSR count). The fourth-order valence-electron chi connectivity index (χ4n) is 5.31. The van der Waals surface area contributed by atoms with Crippen LogP contribution < -0.4 is 4.74 Å². The predicted octanol–water partition coefficient (Wildman–Crippen LogP) is 3.66. The van der Waals surface area contributed by atoms with Crippen LogP contribution in [0.5, 0.6) is 5.75 Å². The van der Waals surface area contributed by atoms with Crippen molar-refractivity contribution in [2.45, 2.75) is 58.2 Å². The zero-order valence-corrected chi connectivity index (χ0v) is 21.0. The Kier molecular flexibility index (Phi) is 5.39. The van der Waals surface area contributed by atoms with Crippen LogP contribution in [0.25, 0.3) is 5.70 Å². The molecular weight excluding hydrogens is 484 g/mol. The fourth-order valence-corrected chi connectivity index (χ4v) is 5.72. The Balaban J connectivity index is 1.38. The number of nitrogens with zero attached hydrogens (tertiary/aromatic N) is 4. The summed E-state index contributed by atoms with van der Waals surface area (Å²) in [5.41, 5.74) is 2.13. The third-order valence-corrected chi connectivity index (χ3v) is 7.55. The van der Waals surface area contributed by atoms with E-state index >= 15 is 0 Å². The lowest BCUT2D eigenvalue weighted by molar-refractivity contribution is -0.158. The van der Waals surface area contributed by atoms with E-state index in [9.17, 15) is 9.59 Å². The number of ether oxygens (including phenoxy) is 1. The van der Waals surface area contributed by atoms with E-state index in [2.05, 4.69) is 33.9 Å². The van der Waals surface area contributed by atoms with E-state index in [1.165, 1.54) is 5.56 Å². The number of piperazine rings is 1. The number of aryl methyl sites for hydroxylation is 2. The van der Waals surface area contributed by atoms with Gasteiger partial charge in [0.2, 0.25) is 5.91 Å². The smallest absolute Gasteiger partial charge is 0.271 e. The summed E-state index contributed by atoms with van der Waals surface area (Å²) in [5, 5.41) is 0. The molecule has 1 aromatic heterocycles. The van der Waals surface area contributed by atoms with Gasteiger partial charge in [-0.25, -0.2) is 4.98 Å². The molecule has 33 heavy (non-hydrogen) atoms. The molecule has 1 aromatic carbocycles. The molecule has 0 N–H and O–H groups in total. The Bertz CT molecular complexity index is 1160. The second-order valence-corrected chi connectivity index (χ2v) is 10.8. The number of benzene rings is 1. The summed E-state index contributed by atoms with van der Waals surface area (Å²) in [6, 6.07) is 5.49. The number of carbonyl (C=O) groups is 2. The quantitative estimate of drug-likeness (QED) is 0.629. The van der Waals surface area contributed by atoms with Crippen molar-refractivity contribution in [2.24, 2.45) is 5.92 Å². The number of fused-ring (bicyclic) bond motifs is 2. The maximum atomic E-state index is 13.7. The monoisotopic (exact) mass is 512 g/mol. The van der Waals surface area contributed by atoms with Crippen molar-refractivity contribution in [3.63, 3.8) is 0 Å². The Labute approximate surface area is 202 Å². The summed E-state index contributed by atoms with van der Waals surface area (Å²) in [6.45, 7) is 9.01. The van der Waals surface area contributed by atoms with Crippen LogP contribution >= 0.6 is 15.9 Å². The second-order valence-electron chi connectivity index (χ2n) is 9.85. The van der Waals surface area contributed by atoms with Gasteiger partial charge in [-0.3, -0.25) is 9.59 Å². The SMILES string of the molecule is Cc1cn(C2=CC(C)C3C(=O)N(CC4(C)CCc5cc(Br)ccc5O4)C(C)CN3C2=O)cn1. The lowest BCUT2D eigenvalue weighted by atomic mass is 9.87. The summed E-state index contributed by atoms with van der Waals surface area (Å²) in [5.74, 6) is 0.671. The highest BCUT2D eigenvalue weighted by atomic mass is 79.9. The van der Waals surface area contributed by atoms with Gasteiger partial charge in [-0.05, 0) is 63.5 Å². The molecule has 3 aliphatic heterocycles. The highest BCUT2D eigenvalue weighted by molar-refractivity contribution is 9.10. The lowest BCUT2D eigenvalue weighted by Crippen LogP contribution is -2.67. The molecule has 1 fully saturated rings. The molecule has 7 nitrogen and oxygen atoms in total. The Morgan fingerprint density at radius 3 is 2.79 bits per heavy atom. The molecular formula is C25H29BrN4O3. The molecule has 0 radical (unpaired) electrons. The van der Waals surface area contributed by atoms with E-state index in [0.29, 0.717) is 18.8 Å². The van der Waals surface area contributed by atoms with Gasteiger partial charge in [0.1, 0.15) is 23.1 Å². The number of carbonyl (C=O) groups excluding carboxylic acids is 2. The Morgan fingerprint density at radius 1 is 1.27 bits per heavy atom. The highest BCUT2D eigenvalue weighted by Gasteiger charge is 2.48. The molecule has 4 unspecified atom stereocenters. The van der Waals surface area contributed by atoms with Crippen molar-refractivity contribution < 1.29 is 14.3 Å². The highest BCUT2D eigenvalue weighted by Crippen LogP contribution is 2.37. The van der Waals surface area contributed by atoms with Gasteiger partial charge in [0.25, 0.3) is 5.91 Å². The number of amides is 2. The summed E-state index contributed by atoms with van der Waals surface area (Å²) < 4.78 is 9.22. The van der Waals surface area contributed by atoms with Crippen molar-refractivity contribution in [3.05, 3.63) is 52.5 Å². The summed E-state index contributed by atoms with van der Waals surface area (Å²) in [6.07, 6.45) is 7.15. The standard InChI is InChI=1S/C25H29BrN4O3/c1-15-9-20(28-11-16(2)27-14-28)23(31)29-12-17(3)30(24(32)22(15)29)13-25(4)8-7-18-10-19(26)5-6-21(18)33-25/h5-6,9-11,14-15,17,22H,7-8,12-13H2,1-4H3. The third-order valence-electron chi connectivity index (χ3n) is 7.06. The zero-order chi connectivity index (χ0) is 23.5. The van der Waals surface area contributed by atoms with Gasteiger partial charge in [0.15, 0.2) is 0 Å². The first-order valence-corrected chi connectivity index (χ1v) is 12.3. The molecule has 174 valence electrons. The van der Waals surface area contributed by atoms with Crippen molar-refractivity contribution in [3.8, 4) is 5.75 Å². The van der Waals surface area contributed by atoms with E-state index < -0.39 is 11.6 Å². The van der Waals surface area contributed by atoms with Gasteiger partial charge in [-0.2, -0.15) is 0 Å². The number of imidazole rings is 1. The number of rotatable bonds is 3. The van der Waals surface area contributed by atoms with Gasteiger partial charge in [-0.15, -0.1) is 0 Å². The molecule has 4 heterocycles. The minimum absolute atomic E-state index is 0.00172. The van der Waals surface area contributed by atoms with E-state index in [4.69, 9.17) is 4.74 Å². The van der Waals surface area contributed by atoms with Crippen LogP contribution in [0.2, 0.25) is 0 Å². The molecule has 4 atom stereocenters. The van der Waals surface area contributed by atoms with E-state index in [0.717, 1.165) is 28.8 Å². The van der Waals surface area contributed by atoms with Crippen molar-refractivity contribution in [1.29, 1.82) is 0 Å². The Morgan fingerprint density at radius 2 is 2.06 bits per heavy atom.